The van der Waals surface area contributed by atoms with E-state index in [-0.39, 0.29) is 76.6 Å². The highest BCUT2D eigenvalue weighted by molar-refractivity contribution is 8.17. The first-order valence-electron chi connectivity index (χ1n) is 21.0. The van der Waals surface area contributed by atoms with Crippen molar-refractivity contribution in [2.45, 2.75) is 80.4 Å². The van der Waals surface area contributed by atoms with E-state index in [1.165, 1.54) is 38.9 Å². The van der Waals surface area contributed by atoms with Gasteiger partial charge < -0.3 is 14.4 Å². The van der Waals surface area contributed by atoms with Crippen molar-refractivity contribution in [3.8, 4) is 5.75 Å². The van der Waals surface area contributed by atoms with Crippen LogP contribution in [0.5, 0.6) is 5.75 Å². The Balaban J connectivity index is 1.32. The van der Waals surface area contributed by atoms with E-state index in [1.807, 2.05) is 44.2 Å². The lowest BCUT2D eigenvalue weighted by Gasteiger charge is -2.31. The summed E-state index contributed by atoms with van der Waals surface area (Å²) < 4.78 is 71.2. The highest BCUT2D eigenvalue weighted by Crippen LogP contribution is 2.37. The smallest absolute Gasteiger partial charge is 0.282 e. The van der Waals surface area contributed by atoms with Gasteiger partial charge in [-0.15, -0.1) is 23.5 Å². The number of carbonyl (C=O) groups is 1. The second-order valence-corrected chi connectivity index (χ2v) is 22.0. The number of amides is 1. The minimum absolute atomic E-state index is 0.0180. The highest BCUT2D eigenvalue weighted by atomic mass is 32.2. The van der Waals surface area contributed by atoms with Crippen LogP contribution >= 0.6 is 23.5 Å². The molecule has 17 heteroatoms. The lowest BCUT2D eigenvalue weighted by molar-refractivity contribution is -0.385. The van der Waals surface area contributed by atoms with E-state index in [4.69, 9.17) is 9.47 Å². The molecule has 62 heavy (non-hydrogen) atoms. The van der Waals surface area contributed by atoms with Crippen LogP contribution in [0.2, 0.25) is 0 Å². The predicted octanol–water partition coefficient (Wildman–Crippen LogP) is 8.41. The average molecular weight is 927 g/mol. The van der Waals surface area contributed by atoms with Crippen molar-refractivity contribution in [2.24, 2.45) is 0 Å². The van der Waals surface area contributed by atoms with Gasteiger partial charge in [0.25, 0.3) is 11.6 Å². The van der Waals surface area contributed by atoms with Crippen LogP contribution in [0.25, 0.3) is 0 Å². The molecule has 0 saturated carbocycles. The van der Waals surface area contributed by atoms with Gasteiger partial charge in [-0.3, -0.25) is 14.9 Å². The second-order valence-electron chi connectivity index (χ2n) is 15.0. The third-order valence-electron chi connectivity index (χ3n) is 10.5. The van der Waals surface area contributed by atoms with Gasteiger partial charge >= 0.3 is 0 Å². The Morgan fingerprint density at radius 1 is 0.790 bits per heavy atom. The summed E-state index contributed by atoms with van der Waals surface area (Å²) >= 11 is 3.56. The number of nitro benzene ring substituents is 1. The average Bonchev–Trinajstić information content (AvgIpc) is 3.75. The maximum absolute atomic E-state index is 14.2. The molecule has 1 amide bonds. The zero-order valence-corrected chi connectivity index (χ0v) is 39.2. The van der Waals surface area contributed by atoms with E-state index < -0.39 is 30.9 Å². The fourth-order valence-electron chi connectivity index (χ4n) is 7.20. The minimum Gasteiger partial charge on any atom is -0.494 e. The van der Waals surface area contributed by atoms with Crippen LogP contribution in [0.3, 0.4) is 0 Å². The molecule has 13 nitrogen and oxygen atoms in total. The number of thioether (sulfide) groups is 2. The summed E-state index contributed by atoms with van der Waals surface area (Å²) in [6.45, 7) is 8.89. The van der Waals surface area contributed by atoms with Crippen LogP contribution in [0.1, 0.15) is 66.6 Å². The summed E-state index contributed by atoms with van der Waals surface area (Å²) in [6, 6.07) is 26.8. The fraction of sp³-hybridized carbons (Fsp3) is 0.444. The van der Waals surface area contributed by atoms with Gasteiger partial charge in [0.15, 0.2) is 0 Å². The van der Waals surface area contributed by atoms with Crippen LogP contribution in [-0.4, -0.2) is 109 Å². The third kappa shape index (κ3) is 13.3. The summed E-state index contributed by atoms with van der Waals surface area (Å²) in [7, 11) is -8.12. The maximum atomic E-state index is 14.2. The van der Waals surface area contributed by atoms with E-state index in [2.05, 4.69) is 13.8 Å². The molecule has 0 aromatic heterocycles. The Labute approximate surface area is 375 Å². The van der Waals surface area contributed by atoms with Crippen molar-refractivity contribution in [1.29, 1.82) is 0 Å². The molecule has 0 unspecified atom stereocenters. The first-order valence-corrected chi connectivity index (χ1v) is 25.9. The van der Waals surface area contributed by atoms with Crippen molar-refractivity contribution in [3.05, 3.63) is 129 Å². The Hall–Kier alpha value is -3.97. The molecule has 336 valence electrons. The monoisotopic (exact) mass is 926 g/mol. The van der Waals surface area contributed by atoms with Crippen LogP contribution in [-0.2, 0) is 31.4 Å². The number of benzene rings is 4. The topological polar surface area (TPSA) is 157 Å². The van der Waals surface area contributed by atoms with Crippen LogP contribution in [0.15, 0.2) is 107 Å². The number of carbonyl (C=O) groups excluding carboxylic acids is 1. The first kappa shape index (κ1) is 49.1. The quantitative estimate of drug-likeness (QED) is 0.0272. The summed E-state index contributed by atoms with van der Waals surface area (Å²) in [5.74, 6) is 1.61. The van der Waals surface area contributed by atoms with Crippen molar-refractivity contribution < 1.29 is 36.0 Å². The molecular formula is C45H58N4O9S4. The number of hydrogen-bond acceptors (Lipinski definition) is 11. The van der Waals surface area contributed by atoms with Gasteiger partial charge in [0.1, 0.15) is 11.3 Å². The normalized spacial score (nSPS) is 14.6. The zero-order valence-electron chi connectivity index (χ0n) is 35.9. The maximum Gasteiger partial charge on any atom is 0.282 e. The zero-order chi connectivity index (χ0) is 44.7. The highest BCUT2D eigenvalue weighted by Gasteiger charge is 2.38. The van der Waals surface area contributed by atoms with Gasteiger partial charge in [-0.25, -0.2) is 16.8 Å². The predicted molar refractivity (Wildman–Crippen MR) is 248 cm³/mol. The second kappa shape index (κ2) is 23.6. The number of hydrogen-bond donors (Lipinski definition) is 0. The number of likely N-dealkylation sites (tertiary alicyclic amines) is 1. The molecule has 4 aromatic rings. The molecule has 1 heterocycles. The Bertz CT molecular complexity index is 2280. The van der Waals surface area contributed by atoms with E-state index in [9.17, 15) is 31.7 Å². The van der Waals surface area contributed by atoms with E-state index in [0.717, 1.165) is 41.0 Å². The van der Waals surface area contributed by atoms with Crippen molar-refractivity contribution >= 4 is 55.2 Å². The molecule has 1 aliphatic rings. The van der Waals surface area contributed by atoms with Crippen molar-refractivity contribution in [2.75, 3.05) is 57.4 Å². The molecule has 4 aromatic carbocycles. The summed E-state index contributed by atoms with van der Waals surface area (Å²) in [5.41, 5.74) is 2.43. The molecule has 1 fully saturated rings. The van der Waals surface area contributed by atoms with Crippen LogP contribution in [0.4, 0.5) is 5.69 Å². The third-order valence-corrected chi connectivity index (χ3v) is 17.1. The Kier molecular flexibility index (Phi) is 18.7. The van der Waals surface area contributed by atoms with Crippen LogP contribution < -0.4 is 4.74 Å². The molecule has 0 N–H and O–H groups in total. The van der Waals surface area contributed by atoms with Crippen molar-refractivity contribution in [1.82, 2.24) is 13.5 Å². The Morgan fingerprint density at radius 2 is 1.34 bits per heavy atom. The molecule has 1 atom stereocenters. The van der Waals surface area contributed by atoms with Gasteiger partial charge in [-0.1, -0.05) is 79.6 Å². The lowest BCUT2D eigenvalue weighted by atomic mass is 10.1. The summed E-state index contributed by atoms with van der Waals surface area (Å²) in [6.07, 6.45) is 2.21. The standard InChI is InChI=1S/C45H58N4O9S4/c1-5-59-45(60-6-2)43-15-10-28-48(43)44(50)41-33-38(20-25-42(41)49(51)52)58-32-12-27-47(62(55,56)40-23-18-36(4)19-24-40)30-29-46(61(53,54)39-21-16-35(3)17-22-39)26-11-31-57-34-37-13-8-7-9-14-37/h7-9,13-14,16-25,33,43,45H,5-6,10-12,15,26-32,34H2,1-4H3/t43-/m0/s1. The van der Waals surface area contributed by atoms with Gasteiger partial charge in [-0.05, 0) is 93.0 Å². The number of sulfonamides is 2. The number of rotatable bonds is 25. The van der Waals surface area contributed by atoms with Gasteiger partial charge in [0, 0.05) is 45.4 Å². The molecule has 5 rings (SSSR count). The minimum atomic E-state index is -4.09. The SMILES string of the molecule is CCSC(SCC)[C@@H]1CCCN1C(=O)c1cc(OCCCN(CCN(CCCOCc2ccccc2)S(=O)(=O)c2ccc(C)cc2)S(=O)(=O)c2ccc(C)cc2)ccc1[N+](=O)[O-]. The molecule has 1 aliphatic heterocycles. The van der Waals surface area contributed by atoms with Crippen LogP contribution in [0, 0.1) is 24.0 Å². The Morgan fingerprint density at radius 3 is 1.87 bits per heavy atom. The first-order chi connectivity index (χ1) is 29.8. The number of aryl methyl sites for hydroxylation is 2. The number of nitro groups is 1. The number of nitrogens with zero attached hydrogens (tertiary/aromatic N) is 4. The molecule has 0 radical (unpaired) electrons. The molecule has 0 bridgehead atoms. The van der Waals surface area contributed by atoms with E-state index in [1.54, 1.807) is 64.8 Å². The largest absolute Gasteiger partial charge is 0.494 e. The van der Waals surface area contributed by atoms with Gasteiger partial charge in [0.2, 0.25) is 20.0 Å². The fourth-order valence-corrected chi connectivity index (χ4v) is 13.0. The molecule has 0 aliphatic carbocycles. The number of ether oxygens (including phenoxy) is 2. The van der Waals surface area contributed by atoms with Gasteiger partial charge in [-0.2, -0.15) is 8.61 Å². The summed E-state index contributed by atoms with van der Waals surface area (Å²) in [5, 5.41) is 12.1. The van der Waals surface area contributed by atoms with Gasteiger partial charge in [0.05, 0.1) is 38.6 Å². The molecular weight excluding hydrogens is 869 g/mol. The summed E-state index contributed by atoms with van der Waals surface area (Å²) in [4.78, 5) is 27.5. The molecule has 0 spiro atoms. The van der Waals surface area contributed by atoms with E-state index in [0.29, 0.717) is 26.2 Å². The van der Waals surface area contributed by atoms with Crippen molar-refractivity contribution in [3.63, 3.8) is 0 Å². The van der Waals surface area contributed by atoms with E-state index >= 15 is 0 Å². The lowest BCUT2D eigenvalue weighted by Crippen LogP contribution is -2.42. The molecule has 1 saturated heterocycles.